The van der Waals surface area contributed by atoms with Gasteiger partial charge in [-0.05, 0) is 49.6 Å². The summed E-state index contributed by atoms with van der Waals surface area (Å²) in [4.78, 5) is 13.1. The van der Waals surface area contributed by atoms with E-state index in [1.807, 2.05) is 30.5 Å². The van der Waals surface area contributed by atoms with Gasteiger partial charge in [-0.25, -0.2) is 8.42 Å². The predicted octanol–water partition coefficient (Wildman–Crippen LogP) is 3.21. The van der Waals surface area contributed by atoms with Crippen LogP contribution in [0.2, 0.25) is 0 Å². The molecule has 0 aliphatic carbocycles. The molecule has 0 spiro atoms. The molecule has 26 heavy (non-hydrogen) atoms. The van der Waals surface area contributed by atoms with Crippen LogP contribution in [0.25, 0.3) is 0 Å². The van der Waals surface area contributed by atoms with Gasteiger partial charge in [0, 0.05) is 11.4 Å². The zero-order chi connectivity index (χ0) is 19.2. The topological polar surface area (TPSA) is 75.7 Å². The van der Waals surface area contributed by atoms with Crippen molar-refractivity contribution in [2.45, 2.75) is 11.8 Å². The Morgan fingerprint density at radius 2 is 1.81 bits per heavy atom. The number of anilines is 2. The van der Waals surface area contributed by atoms with Gasteiger partial charge in [0.2, 0.25) is 10.0 Å². The van der Waals surface area contributed by atoms with E-state index < -0.39 is 10.0 Å². The van der Waals surface area contributed by atoms with E-state index in [4.69, 9.17) is 4.74 Å². The number of benzene rings is 2. The van der Waals surface area contributed by atoms with Gasteiger partial charge in [-0.1, -0.05) is 12.1 Å². The zero-order valence-electron chi connectivity index (χ0n) is 14.9. The molecule has 0 aliphatic rings. The summed E-state index contributed by atoms with van der Waals surface area (Å²) in [6.07, 6.45) is 3.11. The molecule has 0 fully saturated rings. The van der Waals surface area contributed by atoms with Gasteiger partial charge in [-0.15, -0.1) is 11.8 Å². The largest absolute Gasteiger partial charge is 0.484 e. The second kappa shape index (κ2) is 8.95. The summed E-state index contributed by atoms with van der Waals surface area (Å²) in [5.74, 6) is 0.230. The van der Waals surface area contributed by atoms with Crippen LogP contribution in [0.1, 0.15) is 6.92 Å². The van der Waals surface area contributed by atoms with Gasteiger partial charge in [0.25, 0.3) is 5.91 Å². The number of thioether (sulfide) groups is 1. The first kappa shape index (κ1) is 20.1. The molecule has 0 saturated carbocycles. The number of para-hydroxylation sites is 1. The fourth-order valence-corrected chi connectivity index (χ4v) is 3.93. The molecule has 140 valence electrons. The summed E-state index contributed by atoms with van der Waals surface area (Å²) in [5.41, 5.74) is 1.30. The molecule has 0 unspecified atom stereocenters. The molecular formula is C18H22N2O4S2. The van der Waals surface area contributed by atoms with Crippen LogP contribution in [0.3, 0.4) is 0 Å². The molecule has 8 heteroatoms. The SMILES string of the molecule is CCN(c1ccc(OCC(=O)Nc2ccccc2SC)cc1)S(C)(=O)=O. The summed E-state index contributed by atoms with van der Waals surface area (Å²) < 4.78 is 30.2. The Hall–Kier alpha value is -2.19. The average Bonchev–Trinajstić information content (AvgIpc) is 2.61. The fourth-order valence-electron chi connectivity index (χ4n) is 2.40. The number of nitrogens with one attached hydrogen (secondary N) is 1. The van der Waals surface area contributed by atoms with Gasteiger partial charge >= 0.3 is 0 Å². The standard InChI is InChI=1S/C18H22N2O4S2/c1-4-20(26(3,22)23)14-9-11-15(12-10-14)24-13-18(21)19-16-7-5-6-8-17(16)25-2/h5-12H,4,13H2,1-3H3,(H,19,21). The number of ether oxygens (including phenoxy) is 1. The van der Waals surface area contributed by atoms with Crippen molar-refractivity contribution in [3.63, 3.8) is 0 Å². The normalized spacial score (nSPS) is 11.0. The molecule has 0 aromatic heterocycles. The van der Waals surface area contributed by atoms with Gasteiger partial charge in [-0.2, -0.15) is 0 Å². The summed E-state index contributed by atoms with van der Waals surface area (Å²) in [6.45, 7) is 1.98. The molecule has 1 amide bonds. The third-order valence-electron chi connectivity index (χ3n) is 3.56. The van der Waals surface area contributed by atoms with Crippen LogP contribution in [0, 0.1) is 0 Å². The maximum absolute atomic E-state index is 12.1. The Morgan fingerprint density at radius 3 is 2.38 bits per heavy atom. The molecule has 1 N–H and O–H groups in total. The maximum atomic E-state index is 12.1. The van der Waals surface area contributed by atoms with Crippen LogP contribution in [0.15, 0.2) is 53.4 Å². The molecule has 2 aromatic rings. The van der Waals surface area contributed by atoms with E-state index in [-0.39, 0.29) is 12.5 Å². The van der Waals surface area contributed by atoms with Crippen LogP contribution in [-0.2, 0) is 14.8 Å². The number of hydrogen-bond acceptors (Lipinski definition) is 5. The van der Waals surface area contributed by atoms with Gasteiger partial charge in [0.05, 0.1) is 17.6 Å². The lowest BCUT2D eigenvalue weighted by Crippen LogP contribution is -2.29. The van der Waals surface area contributed by atoms with E-state index in [1.54, 1.807) is 43.0 Å². The minimum Gasteiger partial charge on any atom is -0.484 e. The molecule has 0 atom stereocenters. The molecule has 2 rings (SSSR count). The molecule has 0 bridgehead atoms. The first-order valence-electron chi connectivity index (χ1n) is 7.98. The summed E-state index contributed by atoms with van der Waals surface area (Å²) >= 11 is 1.55. The van der Waals surface area contributed by atoms with Crippen molar-refractivity contribution in [2.24, 2.45) is 0 Å². The van der Waals surface area contributed by atoms with Crippen LogP contribution in [0.4, 0.5) is 11.4 Å². The number of rotatable bonds is 8. The van der Waals surface area contributed by atoms with Crippen molar-refractivity contribution < 1.29 is 17.9 Å². The lowest BCUT2D eigenvalue weighted by molar-refractivity contribution is -0.118. The third kappa shape index (κ3) is 5.40. The van der Waals surface area contributed by atoms with Crippen molar-refractivity contribution >= 4 is 39.1 Å². The van der Waals surface area contributed by atoms with Crippen molar-refractivity contribution in [3.05, 3.63) is 48.5 Å². The minimum absolute atomic E-state index is 0.133. The van der Waals surface area contributed by atoms with Crippen molar-refractivity contribution in [1.82, 2.24) is 0 Å². The Bertz CT molecular complexity index is 852. The molecule has 0 heterocycles. The van der Waals surface area contributed by atoms with Gasteiger partial charge in [0.1, 0.15) is 5.75 Å². The van der Waals surface area contributed by atoms with E-state index >= 15 is 0 Å². The highest BCUT2D eigenvalue weighted by atomic mass is 32.2. The van der Waals surface area contributed by atoms with Crippen molar-refractivity contribution in [3.8, 4) is 5.75 Å². The van der Waals surface area contributed by atoms with E-state index in [2.05, 4.69) is 5.32 Å². The second-order valence-corrected chi connectivity index (χ2v) is 8.21. The summed E-state index contributed by atoms with van der Waals surface area (Å²) in [6, 6.07) is 14.1. The van der Waals surface area contributed by atoms with E-state index in [9.17, 15) is 13.2 Å². The highest BCUT2D eigenvalue weighted by Gasteiger charge is 2.15. The number of carbonyl (C=O) groups excluding carboxylic acids is 1. The molecule has 0 saturated heterocycles. The fraction of sp³-hybridized carbons (Fsp3) is 0.278. The number of hydrogen-bond donors (Lipinski definition) is 1. The number of amides is 1. The summed E-state index contributed by atoms with van der Waals surface area (Å²) in [7, 11) is -3.32. The lowest BCUT2D eigenvalue weighted by Gasteiger charge is -2.20. The first-order chi connectivity index (χ1) is 12.3. The molecule has 0 radical (unpaired) electrons. The van der Waals surface area contributed by atoms with E-state index in [0.717, 1.165) is 16.8 Å². The van der Waals surface area contributed by atoms with Crippen molar-refractivity contribution in [1.29, 1.82) is 0 Å². The van der Waals surface area contributed by atoms with Gasteiger partial charge in [-0.3, -0.25) is 9.10 Å². The quantitative estimate of drug-likeness (QED) is 0.696. The maximum Gasteiger partial charge on any atom is 0.262 e. The highest BCUT2D eigenvalue weighted by molar-refractivity contribution is 7.98. The number of carbonyl (C=O) groups is 1. The molecular weight excluding hydrogens is 372 g/mol. The third-order valence-corrected chi connectivity index (χ3v) is 5.63. The van der Waals surface area contributed by atoms with Crippen LogP contribution in [0.5, 0.6) is 5.75 Å². The average molecular weight is 395 g/mol. The number of nitrogens with zero attached hydrogens (tertiary/aromatic N) is 1. The lowest BCUT2D eigenvalue weighted by atomic mass is 10.3. The molecule has 2 aromatic carbocycles. The summed E-state index contributed by atoms with van der Waals surface area (Å²) in [5, 5.41) is 2.82. The van der Waals surface area contributed by atoms with Crippen molar-refractivity contribution in [2.75, 3.05) is 35.3 Å². The Morgan fingerprint density at radius 1 is 1.15 bits per heavy atom. The van der Waals surface area contributed by atoms with E-state index in [1.165, 1.54) is 4.31 Å². The second-order valence-electron chi connectivity index (χ2n) is 5.46. The van der Waals surface area contributed by atoms with Gasteiger partial charge < -0.3 is 10.1 Å². The smallest absolute Gasteiger partial charge is 0.262 e. The molecule has 6 nitrogen and oxygen atoms in total. The minimum atomic E-state index is -3.32. The Labute approximate surface area is 158 Å². The zero-order valence-corrected chi connectivity index (χ0v) is 16.6. The number of sulfonamides is 1. The monoisotopic (exact) mass is 394 g/mol. The Balaban J connectivity index is 1.96. The Kier molecular flexibility index (Phi) is 6.93. The van der Waals surface area contributed by atoms with Crippen LogP contribution >= 0.6 is 11.8 Å². The highest BCUT2D eigenvalue weighted by Crippen LogP contribution is 2.25. The van der Waals surface area contributed by atoms with Crippen LogP contribution < -0.4 is 14.4 Å². The van der Waals surface area contributed by atoms with E-state index in [0.29, 0.717) is 18.0 Å². The van der Waals surface area contributed by atoms with Crippen LogP contribution in [-0.4, -0.2) is 40.0 Å². The molecule has 0 aliphatic heterocycles. The van der Waals surface area contributed by atoms with Gasteiger partial charge in [0.15, 0.2) is 6.61 Å². The first-order valence-corrected chi connectivity index (χ1v) is 11.1. The predicted molar refractivity (Wildman–Crippen MR) is 107 cm³/mol.